The minimum absolute atomic E-state index is 0.0302. The molecule has 0 aliphatic heterocycles. The van der Waals surface area contributed by atoms with E-state index < -0.39 is 0 Å². The number of rotatable bonds is 3. The number of allylic oxidation sites excluding steroid dienone is 1. The van der Waals surface area contributed by atoms with Gasteiger partial charge in [0.2, 0.25) is 0 Å². The molecular formula is C14H24O2. The van der Waals surface area contributed by atoms with E-state index in [2.05, 4.69) is 20.4 Å². The molecule has 0 aromatic carbocycles. The fraction of sp³-hybridized carbons (Fsp3) is 0.786. The predicted octanol–water partition coefficient (Wildman–Crippen LogP) is 3.57. The maximum absolute atomic E-state index is 11.6. The summed E-state index contributed by atoms with van der Waals surface area (Å²) in [5.74, 6) is 0.913. The van der Waals surface area contributed by atoms with Crippen LogP contribution in [0.5, 0.6) is 0 Å². The summed E-state index contributed by atoms with van der Waals surface area (Å²) in [4.78, 5) is 11.6. The Kier molecular flexibility index (Phi) is 4.57. The summed E-state index contributed by atoms with van der Waals surface area (Å²) in [7, 11) is 0. The minimum Gasteiger partial charge on any atom is -0.462 e. The van der Waals surface area contributed by atoms with Crippen LogP contribution in [0, 0.1) is 17.8 Å². The quantitative estimate of drug-likeness (QED) is 0.541. The maximum atomic E-state index is 11.6. The lowest BCUT2D eigenvalue weighted by molar-refractivity contribution is -0.157. The van der Waals surface area contributed by atoms with Crippen LogP contribution in [0.2, 0.25) is 0 Å². The molecule has 92 valence electrons. The first-order valence-electron chi connectivity index (χ1n) is 6.27. The van der Waals surface area contributed by atoms with Crippen molar-refractivity contribution >= 4 is 5.97 Å². The molecule has 0 saturated heterocycles. The van der Waals surface area contributed by atoms with Crippen LogP contribution in [0.25, 0.3) is 0 Å². The van der Waals surface area contributed by atoms with E-state index in [-0.39, 0.29) is 18.0 Å². The first-order chi connectivity index (χ1) is 7.41. The Labute approximate surface area is 99.1 Å². The molecule has 1 saturated carbocycles. The summed E-state index contributed by atoms with van der Waals surface area (Å²) in [5.41, 5.74) is 1.22. The highest BCUT2D eigenvalue weighted by atomic mass is 16.5. The molecule has 1 unspecified atom stereocenters. The molecule has 1 aliphatic carbocycles. The Morgan fingerprint density at radius 3 is 2.50 bits per heavy atom. The molecule has 2 heteroatoms. The Balaban J connectivity index is 2.56. The Bertz CT molecular complexity index is 268. The second-order valence-electron chi connectivity index (χ2n) is 5.46. The predicted molar refractivity (Wildman–Crippen MR) is 66.0 cm³/mol. The first kappa shape index (κ1) is 13.3. The molecule has 3 atom stereocenters. The number of carbonyl (C=O) groups is 1. The summed E-state index contributed by atoms with van der Waals surface area (Å²) in [5, 5.41) is 0. The van der Waals surface area contributed by atoms with Crippen LogP contribution in [0.15, 0.2) is 12.2 Å². The van der Waals surface area contributed by atoms with E-state index in [1.165, 1.54) is 12.0 Å². The van der Waals surface area contributed by atoms with Gasteiger partial charge in [-0.05, 0) is 38.0 Å². The van der Waals surface area contributed by atoms with Crippen molar-refractivity contribution in [2.75, 3.05) is 0 Å². The molecule has 2 nitrogen and oxygen atoms in total. The number of hydrogen-bond acceptors (Lipinski definition) is 2. The molecule has 0 spiro atoms. The van der Waals surface area contributed by atoms with Gasteiger partial charge in [0.25, 0.3) is 0 Å². The third-order valence-electron chi connectivity index (χ3n) is 3.56. The molecule has 0 aromatic rings. The van der Waals surface area contributed by atoms with Gasteiger partial charge in [-0.25, -0.2) is 0 Å². The first-order valence-corrected chi connectivity index (χ1v) is 6.27. The molecule has 0 radical (unpaired) electrons. The summed E-state index contributed by atoms with van der Waals surface area (Å²) in [6, 6.07) is 0. The Morgan fingerprint density at radius 1 is 1.38 bits per heavy atom. The van der Waals surface area contributed by atoms with Crippen molar-refractivity contribution in [1.82, 2.24) is 0 Å². The number of ether oxygens (including phenoxy) is 1. The van der Waals surface area contributed by atoms with Crippen molar-refractivity contribution in [3.05, 3.63) is 12.2 Å². The zero-order valence-electron chi connectivity index (χ0n) is 11.0. The van der Waals surface area contributed by atoms with Gasteiger partial charge < -0.3 is 4.74 Å². The monoisotopic (exact) mass is 224 g/mol. The minimum atomic E-state index is -0.0702. The summed E-state index contributed by atoms with van der Waals surface area (Å²) < 4.78 is 5.57. The normalized spacial score (nSPS) is 30.2. The van der Waals surface area contributed by atoms with Crippen LogP contribution in [-0.4, -0.2) is 12.1 Å². The molecule has 1 aliphatic rings. The van der Waals surface area contributed by atoms with E-state index in [4.69, 9.17) is 4.74 Å². The van der Waals surface area contributed by atoms with Gasteiger partial charge >= 0.3 is 5.97 Å². The van der Waals surface area contributed by atoms with Gasteiger partial charge in [0.1, 0.15) is 6.10 Å². The van der Waals surface area contributed by atoms with Crippen LogP contribution in [0.4, 0.5) is 0 Å². The lowest BCUT2D eigenvalue weighted by atomic mass is 9.78. The highest BCUT2D eigenvalue weighted by Crippen LogP contribution is 2.34. The number of hydrogen-bond donors (Lipinski definition) is 0. The van der Waals surface area contributed by atoms with E-state index in [0.717, 1.165) is 12.8 Å². The molecule has 0 N–H and O–H groups in total. The highest BCUT2D eigenvalue weighted by molar-refractivity contribution is 5.71. The summed E-state index contributed by atoms with van der Waals surface area (Å²) in [6.07, 6.45) is 3.36. The van der Waals surface area contributed by atoms with E-state index in [0.29, 0.717) is 11.8 Å². The number of carbonyl (C=O) groups excluding carboxylic acids is 1. The van der Waals surface area contributed by atoms with Crippen molar-refractivity contribution in [2.24, 2.45) is 17.8 Å². The van der Waals surface area contributed by atoms with Crippen molar-refractivity contribution in [1.29, 1.82) is 0 Å². The average Bonchev–Trinajstić information content (AvgIpc) is 2.20. The van der Waals surface area contributed by atoms with E-state index in [1.54, 1.807) is 0 Å². The fourth-order valence-corrected chi connectivity index (χ4v) is 2.18. The zero-order valence-corrected chi connectivity index (χ0v) is 11.0. The average molecular weight is 224 g/mol. The molecule has 0 bridgehead atoms. The van der Waals surface area contributed by atoms with Gasteiger partial charge in [-0.2, -0.15) is 0 Å². The van der Waals surface area contributed by atoms with Crippen LogP contribution < -0.4 is 0 Å². The third-order valence-corrected chi connectivity index (χ3v) is 3.56. The molecule has 1 fully saturated rings. The van der Waals surface area contributed by atoms with E-state index >= 15 is 0 Å². The highest BCUT2D eigenvalue weighted by Gasteiger charge is 2.31. The molecule has 1 rings (SSSR count). The second-order valence-corrected chi connectivity index (χ2v) is 5.46. The van der Waals surface area contributed by atoms with Crippen molar-refractivity contribution < 1.29 is 9.53 Å². The van der Waals surface area contributed by atoms with Crippen LogP contribution in [0.3, 0.4) is 0 Å². The summed E-state index contributed by atoms with van der Waals surface area (Å²) >= 11 is 0. The van der Waals surface area contributed by atoms with Crippen molar-refractivity contribution in [3.8, 4) is 0 Å². The smallest absolute Gasteiger partial charge is 0.308 e. The number of esters is 1. The van der Waals surface area contributed by atoms with Gasteiger partial charge in [0, 0.05) is 0 Å². The maximum Gasteiger partial charge on any atom is 0.308 e. The standard InChI is InChI=1S/C14H24O2/c1-9(2)12-7-6-11(5)13(8-12)16-14(15)10(3)4/h10-13H,1,6-8H2,2-5H3/t11-,12+,13?/m1/s1. The molecule has 16 heavy (non-hydrogen) atoms. The molecule has 0 heterocycles. The second kappa shape index (κ2) is 5.51. The largest absolute Gasteiger partial charge is 0.462 e. The van der Waals surface area contributed by atoms with E-state index in [1.807, 2.05) is 13.8 Å². The molecular weight excluding hydrogens is 200 g/mol. The lowest BCUT2D eigenvalue weighted by Crippen LogP contribution is -2.33. The van der Waals surface area contributed by atoms with Gasteiger partial charge in [-0.3, -0.25) is 4.79 Å². The van der Waals surface area contributed by atoms with Crippen LogP contribution >= 0.6 is 0 Å². The zero-order chi connectivity index (χ0) is 12.3. The van der Waals surface area contributed by atoms with Crippen LogP contribution in [0.1, 0.15) is 47.0 Å². The molecule has 0 aromatic heterocycles. The SMILES string of the molecule is C=C(C)[C@H]1CC[C@@H](C)C(OC(=O)C(C)C)C1. The van der Waals surface area contributed by atoms with Crippen molar-refractivity contribution in [3.63, 3.8) is 0 Å². The fourth-order valence-electron chi connectivity index (χ4n) is 2.18. The third kappa shape index (κ3) is 3.36. The Morgan fingerprint density at radius 2 is 2.00 bits per heavy atom. The van der Waals surface area contributed by atoms with E-state index in [9.17, 15) is 4.79 Å². The topological polar surface area (TPSA) is 26.3 Å². The summed E-state index contributed by atoms with van der Waals surface area (Å²) in [6.45, 7) is 12.0. The van der Waals surface area contributed by atoms with Gasteiger partial charge in [-0.15, -0.1) is 0 Å². The Hall–Kier alpha value is -0.790. The van der Waals surface area contributed by atoms with Gasteiger partial charge in [-0.1, -0.05) is 32.9 Å². The van der Waals surface area contributed by atoms with Gasteiger partial charge in [0.15, 0.2) is 0 Å². The lowest BCUT2D eigenvalue weighted by Gasteiger charge is -2.34. The van der Waals surface area contributed by atoms with Crippen LogP contribution in [-0.2, 0) is 9.53 Å². The van der Waals surface area contributed by atoms with Gasteiger partial charge in [0.05, 0.1) is 5.92 Å². The molecule has 0 amide bonds. The van der Waals surface area contributed by atoms with Crippen molar-refractivity contribution in [2.45, 2.75) is 53.1 Å².